The van der Waals surface area contributed by atoms with Gasteiger partial charge in [0.2, 0.25) is 0 Å². The van der Waals surface area contributed by atoms with Gasteiger partial charge in [-0.25, -0.2) is 0 Å². The van der Waals surface area contributed by atoms with Crippen LogP contribution < -0.4 is 0 Å². The summed E-state index contributed by atoms with van der Waals surface area (Å²) < 4.78 is 16.8. The highest BCUT2D eigenvalue weighted by Crippen LogP contribution is 2.18. The molecule has 0 bridgehead atoms. The molecule has 58 heavy (non-hydrogen) atoms. The molecule has 0 spiro atoms. The molecule has 1 unspecified atom stereocenters. The zero-order valence-corrected chi connectivity index (χ0v) is 39.7. The van der Waals surface area contributed by atoms with E-state index in [1.165, 1.54) is 173 Å². The molecular weight excluding hydrogens is 721 g/mol. The van der Waals surface area contributed by atoms with Gasteiger partial charge in [-0.3, -0.25) is 14.4 Å². The Balaban J connectivity index is 4.32. The van der Waals surface area contributed by atoms with Crippen LogP contribution in [0, 0.1) is 11.8 Å². The van der Waals surface area contributed by atoms with Crippen LogP contribution in [0.1, 0.15) is 285 Å². The molecule has 0 aliphatic heterocycles. The van der Waals surface area contributed by atoms with Gasteiger partial charge in [0.25, 0.3) is 0 Å². The quantitative estimate of drug-likeness (QED) is 0.0346. The molecule has 0 saturated heterocycles. The molecule has 0 aromatic heterocycles. The minimum absolute atomic E-state index is 0.0639. The Labute approximate surface area is 361 Å². The summed E-state index contributed by atoms with van der Waals surface area (Å²) in [5, 5.41) is 0. The highest BCUT2D eigenvalue weighted by molar-refractivity contribution is 5.71. The van der Waals surface area contributed by atoms with Gasteiger partial charge in [-0.05, 0) is 31.1 Å². The Kier molecular flexibility index (Phi) is 43.7. The van der Waals surface area contributed by atoms with E-state index >= 15 is 0 Å². The van der Waals surface area contributed by atoms with Crippen molar-refractivity contribution in [1.82, 2.24) is 0 Å². The van der Waals surface area contributed by atoms with Gasteiger partial charge < -0.3 is 14.2 Å². The zero-order chi connectivity index (χ0) is 42.6. The van der Waals surface area contributed by atoms with E-state index in [0.717, 1.165) is 69.6 Å². The predicted molar refractivity (Wildman–Crippen MR) is 247 cm³/mol. The fourth-order valence-corrected chi connectivity index (χ4v) is 7.78. The number of ether oxygens (including phenoxy) is 3. The summed E-state index contributed by atoms with van der Waals surface area (Å²) in [5.41, 5.74) is 0. The molecule has 0 amide bonds. The van der Waals surface area contributed by atoms with Crippen molar-refractivity contribution in [2.45, 2.75) is 291 Å². The predicted octanol–water partition coefficient (Wildman–Crippen LogP) is 16.5. The van der Waals surface area contributed by atoms with Crippen LogP contribution in [0.5, 0.6) is 0 Å². The smallest absolute Gasteiger partial charge is 0.306 e. The maximum Gasteiger partial charge on any atom is 0.306 e. The lowest BCUT2D eigenvalue weighted by molar-refractivity contribution is -0.167. The lowest BCUT2D eigenvalue weighted by Crippen LogP contribution is -2.30. The summed E-state index contributed by atoms with van der Waals surface area (Å²) in [5.74, 6) is 0.832. The summed E-state index contributed by atoms with van der Waals surface area (Å²) in [6.45, 7) is 11.4. The first-order valence-electron chi connectivity index (χ1n) is 25.8. The molecule has 0 N–H and O–H groups in total. The Morgan fingerprint density at radius 1 is 0.362 bits per heavy atom. The van der Waals surface area contributed by atoms with Crippen LogP contribution in [0.3, 0.4) is 0 Å². The van der Waals surface area contributed by atoms with Gasteiger partial charge in [0, 0.05) is 19.3 Å². The second-order valence-electron chi connectivity index (χ2n) is 18.5. The Morgan fingerprint density at radius 3 is 0.983 bits per heavy atom. The van der Waals surface area contributed by atoms with Crippen molar-refractivity contribution in [1.29, 1.82) is 0 Å². The van der Waals surface area contributed by atoms with E-state index in [-0.39, 0.29) is 31.1 Å². The molecule has 0 heterocycles. The Bertz CT molecular complexity index is 887. The molecule has 0 radical (unpaired) electrons. The Hall–Kier alpha value is -1.59. The number of unbranched alkanes of at least 4 members (excludes halogenated alkanes) is 30. The largest absolute Gasteiger partial charge is 0.462 e. The standard InChI is InChI=1S/C52H100O6/c1-6-8-9-10-11-12-13-14-19-22-29-34-39-44-52(55)58-49(46-57-51(54)43-38-33-28-24-23-26-31-36-41-48(5)7-2)45-56-50(53)42-37-32-27-21-18-16-15-17-20-25-30-35-40-47(3)4/h47-49H,6-46H2,1-5H3/t48?,49-/m0/s1. The first kappa shape index (κ1) is 56.4. The lowest BCUT2D eigenvalue weighted by Gasteiger charge is -2.18. The number of hydrogen-bond donors (Lipinski definition) is 0. The molecule has 344 valence electrons. The first-order valence-corrected chi connectivity index (χ1v) is 25.8. The van der Waals surface area contributed by atoms with Gasteiger partial charge in [0.15, 0.2) is 6.10 Å². The van der Waals surface area contributed by atoms with E-state index in [2.05, 4.69) is 34.6 Å². The van der Waals surface area contributed by atoms with Crippen molar-refractivity contribution in [2.75, 3.05) is 13.2 Å². The third-order valence-corrected chi connectivity index (χ3v) is 12.1. The fraction of sp³-hybridized carbons (Fsp3) is 0.942. The fourth-order valence-electron chi connectivity index (χ4n) is 7.78. The number of carbonyl (C=O) groups excluding carboxylic acids is 3. The molecule has 0 saturated carbocycles. The van der Waals surface area contributed by atoms with E-state index in [1.54, 1.807) is 0 Å². The van der Waals surface area contributed by atoms with Crippen molar-refractivity contribution in [2.24, 2.45) is 11.8 Å². The zero-order valence-electron chi connectivity index (χ0n) is 39.7. The molecule has 0 fully saturated rings. The maximum absolute atomic E-state index is 12.8. The van der Waals surface area contributed by atoms with Crippen LogP contribution in [0.2, 0.25) is 0 Å². The van der Waals surface area contributed by atoms with Crippen LogP contribution in [0.4, 0.5) is 0 Å². The summed E-state index contributed by atoms with van der Waals surface area (Å²) in [6.07, 6.45) is 45.1. The maximum atomic E-state index is 12.8. The van der Waals surface area contributed by atoms with Gasteiger partial charge in [-0.1, -0.05) is 247 Å². The van der Waals surface area contributed by atoms with Crippen molar-refractivity contribution in [3.05, 3.63) is 0 Å². The molecular formula is C52H100O6. The van der Waals surface area contributed by atoms with E-state index in [0.29, 0.717) is 19.3 Å². The monoisotopic (exact) mass is 821 g/mol. The number of hydrogen-bond acceptors (Lipinski definition) is 6. The summed E-state index contributed by atoms with van der Waals surface area (Å²) in [6, 6.07) is 0. The van der Waals surface area contributed by atoms with Crippen LogP contribution in [-0.2, 0) is 28.6 Å². The van der Waals surface area contributed by atoms with Gasteiger partial charge in [-0.15, -0.1) is 0 Å². The van der Waals surface area contributed by atoms with Gasteiger partial charge in [0.05, 0.1) is 0 Å². The summed E-state index contributed by atoms with van der Waals surface area (Å²) >= 11 is 0. The molecule has 6 nitrogen and oxygen atoms in total. The molecule has 2 atom stereocenters. The van der Waals surface area contributed by atoms with Crippen LogP contribution in [0.25, 0.3) is 0 Å². The van der Waals surface area contributed by atoms with Crippen molar-refractivity contribution >= 4 is 17.9 Å². The number of esters is 3. The minimum Gasteiger partial charge on any atom is -0.462 e. The minimum atomic E-state index is -0.761. The van der Waals surface area contributed by atoms with Crippen LogP contribution >= 0.6 is 0 Å². The average molecular weight is 821 g/mol. The SMILES string of the molecule is CCCCCCCCCCCCCCCC(=O)O[C@@H](COC(=O)CCCCCCCCCCCCCCC(C)C)COC(=O)CCCCCCCCCCC(C)CC. The molecule has 0 aromatic rings. The summed E-state index contributed by atoms with van der Waals surface area (Å²) in [7, 11) is 0. The van der Waals surface area contributed by atoms with Crippen LogP contribution in [0.15, 0.2) is 0 Å². The highest BCUT2D eigenvalue weighted by Gasteiger charge is 2.19. The van der Waals surface area contributed by atoms with Gasteiger partial charge in [-0.2, -0.15) is 0 Å². The molecule has 6 heteroatoms. The average Bonchev–Trinajstić information content (AvgIpc) is 3.21. The van der Waals surface area contributed by atoms with Crippen molar-refractivity contribution < 1.29 is 28.6 Å². The van der Waals surface area contributed by atoms with E-state index < -0.39 is 6.10 Å². The second-order valence-corrected chi connectivity index (χ2v) is 18.5. The van der Waals surface area contributed by atoms with Crippen molar-refractivity contribution in [3.63, 3.8) is 0 Å². The molecule has 0 rings (SSSR count). The van der Waals surface area contributed by atoms with E-state index in [1.807, 2.05) is 0 Å². The highest BCUT2D eigenvalue weighted by atomic mass is 16.6. The normalized spacial score (nSPS) is 12.5. The summed E-state index contributed by atoms with van der Waals surface area (Å²) in [4.78, 5) is 37.9. The number of carbonyl (C=O) groups is 3. The Morgan fingerprint density at radius 2 is 0.655 bits per heavy atom. The number of rotatable bonds is 46. The molecule has 0 aliphatic carbocycles. The van der Waals surface area contributed by atoms with Gasteiger partial charge in [0.1, 0.15) is 13.2 Å². The molecule has 0 aliphatic rings. The third-order valence-electron chi connectivity index (χ3n) is 12.1. The van der Waals surface area contributed by atoms with E-state index in [9.17, 15) is 14.4 Å². The first-order chi connectivity index (χ1) is 28.3. The van der Waals surface area contributed by atoms with Crippen LogP contribution in [-0.4, -0.2) is 37.2 Å². The third kappa shape index (κ3) is 44.0. The molecule has 0 aromatic carbocycles. The lowest BCUT2D eigenvalue weighted by atomic mass is 9.99. The van der Waals surface area contributed by atoms with Gasteiger partial charge >= 0.3 is 17.9 Å². The second kappa shape index (κ2) is 44.9. The van der Waals surface area contributed by atoms with Crippen molar-refractivity contribution in [3.8, 4) is 0 Å². The van der Waals surface area contributed by atoms with E-state index in [4.69, 9.17) is 14.2 Å². The topological polar surface area (TPSA) is 78.9 Å².